The summed E-state index contributed by atoms with van der Waals surface area (Å²) in [4.78, 5) is 13.0. The number of rotatable bonds is 5. The molecule has 4 rings (SSSR count). The van der Waals surface area contributed by atoms with E-state index in [0.29, 0.717) is 34.9 Å². The third-order valence-electron chi connectivity index (χ3n) is 5.85. The van der Waals surface area contributed by atoms with E-state index in [2.05, 4.69) is 57.8 Å². The molecule has 3 N–H and O–H groups in total. The molecule has 0 spiro atoms. The molecular weight excluding hydrogens is 407 g/mol. The number of nitrogens with one attached hydrogen (secondary N) is 2. The molecule has 32 heavy (non-hydrogen) atoms. The van der Waals surface area contributed by atoms with Crippen LogP contribution in [0.2, 0.25) is 0 Å². The third-order valence-corrected chi connectivity index (χ3v) is 5.85. The molecule has 0 atom stereocenters. The lowest BCUT2D eigenvalue weighted by Gasteiger charge is -2.47. The van der Waals surface area contributed by atoms with E-state index in [9.17, 15) is 9.50 Å². The molecule has 0 aliphatic carbocycles. The van der Waals surface area contributed by atoms with E-state index in [1.165, 1.54) is 6.07 Å². The zero-order chi connectivity index (χ0) is 23.1. The lowest BCUT2D eigenvalue weighted by molar-refractivity contribution is 0.133. The molecule has 1 aromatic carbocycles. The number of nitrogens with zero attached hydrogens (tertiary/aromatic N) is 4. The van der Waals surface area contributed by atoms with Crippen LogP contribution in [-0.2, 0) is 0 Å². The Labute approximate surface area is 188 Å². The Morgan fingerprint density at radius 2 is 1.81 bits per heavy atom. The number of aromatic hydroxyl groups is 1. The molecule has 0 amide bonds. The fraction of sp³-hybridized carbons (Fsp3) is 0.458. The number of aromatic nitrogens is 4. The second kappa shape index (κ2) is 8.16. The van der Waals surface area contributed by atoms with Crippen molar-refractivity contribution in [3.63, 3.8) is 0 Å². The lowest BCUT2D eigenvalue weighted by Crippen LogP contribution is -2.57. The Balaban J connectivity index is 1.96. The predicted molar refractivity (Wildman–Crippen MR) is 124 cm³/mol. The summed E-state index contributed by atoms with van der Waals surface area (Å²) in [5.41, 5.74) is 2.54. The van der Waals surface area contributed by atoms with Gasteiger partial charge in [0.25, 0.3) is 0 Å². The number of piperidine rings is 1. The third kappa shape index (κ3) is 4.32. The van der Waals surface area contributed by atoms with E-state index in [0.717, 1.165) is 12.8 Å². The first kappa shape index (κ1) is 22.2. The summed E-state index contributed by atoms with van der Waals surface area (Å²) in [5, 5.41) is 17.1. The van der Waals surface area contributed by atoms with Crippen LogP contribution in [0.15, 0.2) is 36.8 Å². The molecule has 1 fully saturated rings. The monoisotopic (exact) mass is 438 g/mol. The Bertz CT molecular complexity index is 1110. The molecule has 8 heteroatoms. The van der Waals surface area contributed by atoms with Gasteiger partial charge in [0.05, 0.1) is 23.9 Å². The van der Waals surface area contributed by atoms with Crippen molar-refractivity contribution >= 4 is 5.69 Å². The van der Waals surface area contributed by atoms with E-state index >= 15 is 0 Å². The van der Waals surface area contributed by atoms with Gasteiger partial charge in [0.2, 0.25) is 0 Å². The summed E-state index contributed by atoms with van der Waals surface area (Å²) in [6.07, 6.45) is 5.06. The van der Waals surface area contributed by atoms with E-state index in [1.54, 1.807) is 30.7 Å². The first-order chi connectivity index (χ1) is 15.1. The van der Waals surface area contributed by atoms with E-state index < -0.39 is 0 Å². The van der Waals surface area contributed by atoms with Crippen LogP contribution >= 0.6 is 0 Å². The normalized spacial score (nSPS) is 17.9. The van der Waals surface area contributed by atoms with Gasteiger partial charge >= 0.3 is 6.01 Å². The average Bonchev–Trinajstić information content (AvgIpc) is 3.12. The van der Waals surface area contributed by atoms with Crippen LogP contribution in [-0.4, -0.2) is 42.2 Å². The molecule has 3 heterocycles. The van der Waals surface area contributed by atoms with Crippen molar-refractivity contribution in [2.75, 3.05) is 11.9 Å². The van der Waals surface area contributed by atoms with E-state index in [1.807, 2.05) is 6.92 Å². The van der Waals surface area contributed by atoms with Crippen LogP contribution < -0.4 is 10.6 Å². The summed E-state index contributed by atoms with van der Waals surface area (Å²) in [6, 6.07) is 6.37. The fourth-order valence-electron chi connectivity index (χ4n) is 5.06. The Kier molecular flexibility index (Phi) is 5.67. The van der Waals surface area contributed by atoms with Crippen molar-refractivity contribution in [1.29, 1.82) is 0 Å². The van der Waals surface area contributed by atoms with Gasteiger partial charge < -0.3 is 20.3 Å². The van der Waals surface area contributed by atoms with Crippen molar-refractivity contribution < 1.29 is 9.50 Å². The van der Waals surface area contributed by atoms with Crippen LogP contribution in [0.25, 0.3) is 22.6 Å². The summed E-state index contributed by atoms with van der Waals surface area (Å²) in [5.74, 6) is -0.353. The zero-order valence-corrected chi connectivity index (χ0v) is 19.3. The van der Waals surface area contributed by atoms with Gasteiger partial charge in [-0.2, -0.15) is 4.98 Å². The van der Waals surface area contributed by atoms with Gasteiger partial charge in [0, 0.05) is 29.2 Å². The minimum atomic E-state index is -0.353. The largest absolute Gasteiger partial charge is 0.479 e. The maximum Gasteiger partial charge on any atom is 0.314 e. The molecule has 7 nitrogen and oxygen atoms in total. The minimum absolute atomic E-state index is 0.0928. The number of anilines is 1. The van der Waals surface area contributed by atoms with Crippen LogP contribution in [0.5, 0.6) is 6.01 Å². The van der Waals surface area contributed by atoms with Crippen molar-refractivity contribution in [1.82, 2.24) is 24.8 Å². The highest BCUT2D eigenvalue weighted by Gasteiger charge is 2.39. The quantitative estimate of drug-likeness (QED) is 0.532. The smallest absolute Gasteiger partial charge is 0.314 e. The molecule has 0 bridgehead atoms. The second-order valence-corrected chi connectivity index (χ2v) is 9.75. The average molecular weight is 439 g/mol. The van der Waals surface area contributed by atoms with Gasteiger partial charge in [-0.05, 0) is 59.6 Å². The van der Waals surface area contributed by atoms with Gasteiger partial charge in [0.15, 0.2) is 0 Å². The SMILES string of the molecule is CCNc1cnc(O)nc1-c1c(-c2ccccc2F)ncn1C1CC(C)(C)NC(C)(C)C1. The number of imidazole rings is 1. The standard InChI is InChI=1S/C24H31FN6O/c1-6-26-18-13-27-22(32)29-20(18)21-19(16-9-7-8-10-17(16)25)28-14-31(21)15-11-23(2,3)30-24(4,5)12-15/h7-10,13-15,26,30H,6,11-12H2,1-5H3,(H,27,29,32). The maximum absolute atomic E-state index is 14.8. The number of hydrogen-bond donors (Lipinski definition) is 3. The Morgan fingerprint density at radius 3 is 2.47 bits per heavy atom. The summed E-state index contributed by atoms with van der Waals surface area (Å²) in [7, 11) is 0. The lowest BCUT2D eigenvalue weighted by atomic mass is 9.79. The van der Waals surface area contributed by atoms with Gasteiger partial charge in [-0.15, -0.1) is 0 Å². The summed E-state index contributed by atoms with van der Waals surface area (Å²) < 4.78 is 16.9. The predicted octanol–water partition coefficient (Wildman–Crippen LogP) is 4.77. The molecule has 1 saturated heterocycles. The zero-order valence-electron chi connectivity index (χ0n) is 19.3. The number of benzene rings is 1. The van der Waals surface area contributed by atoms with Crippen molar-refractivity contribution in [2.45, 2.75) is 64.6 Å². The topological polar surface area (TPSA) is 87.9 Å². The molecule has 1 aliphatic rings. The summed E-state index contributed by atoms with van der Waals surface area (Å²) in [6.45, 7) is 11.4. The van der Waals surface area contributed by atoms with E-state index in [4.69, 9.17) is 0 Å². The molecular formula is C24H31FN6O. The first-order valence-electron chi connectivity index (χ1n) is 11.0. The van der Waals surface area contributed by atoms with Crippen molar-refractivity contribution in [2.24, 2.45) is 0 Å². The van der Waals surface area contributed by atoms with Gasteiger partial charge in [-0.25, -0.2) is 14.4 Å². The highest BCUT2D eigenvalue weighted by Crippen LogP contribution is 2.42. The molecule has 170 valence electrons. The molecule has 0 radical (unpaired) electrons. The van der Waals surface area contributed by atoms with Crippen LogP contribution in [0.4, 0.5) is 10.1 Å². The minimum Gasteiger partial charge on any atom is -0.479 e. The fourth-order valence-corrected chi connectivity index (χ4v) is 5.06. The number of halogens is 1. The first-order valence-corrected chi connectivity index (χ1v) is 11.0. The molecule has 3 aromatic rings. The van der Waals surface area contributed by atoms with Crippen LogP contribution in [0.1, 0.15) is 53.5 Å². The molecule has 0 saturated carbocycles. The highest BCUT2D eigenvalue weighted by molar-refractivity contribution is 5.83. The van der Waals surface area contributed by atoms with E-state index in [-0.39, 0.29) is 28.9 Å². The van der Waals surface area contributed by atoms with Crippen LogP contribution in [0, 0.1) is 5.82 Å². The van der Waals surface area contributed by atoms with Gasteiger partial charge in [-0.1, -0.05) is 12.1 Å². The molecule has 2 aromatic heterocycles. The van der Waals surface area contributed by atoms with Crippen molar-refractivity contribution in [3.8, 4) is 28.7 Å². The molecule has 1 aliphatic heterocycles. The van der Waals surface area contributed by atoms with Crippen LogP contribution in [0.3, 0.4) is 0 Å². The maximum atomic E-state index is 14.8. The summed E-state index contributed by atoms with van der Waals surface area (Å²) >= 11 is 0. The molecule has 0 unspecified atom stereocenters. The second-order valence-electron chi connectivity index (χ2n) is 9.75. The highest BCUT2D eigenvalue weighted by atomic mass is 19.1. The number of hydrogen-bond acceptors (Lipinski definition) is 6. The Hall–Kier alpha value is -3.00. The van der Waals surface area contributed by atoms with Crippen molar-refractivity contribution in [3.05, 3.63) is 42.6 Å². The Morgan fingerprint density at radius 1 is 1.12 bits per heavy atom. The van der Waals surface area contributed by atoms with Gasteiger partial charge in [0.1, 0.15) is 17.2 Å². The van der Waals surface area contributed by atoms with Gasteiger partial charge in [-0.3, -0.25) is 0 Å².